The molecule has 0 radical (unpaired) electrons. The summed E-state index contributed by atoms with van der Waals surface area (Å²) in [7, 11) is 0. The van der Waals surface area contributed by atoms with Gasteiger partial charge in [-0.05, 0) is 32.9 Å². The Labute approximate surface area is 143 Å². The highest BCUT2D eigenvalue weighted by Gasteiger charge is 2.24. The largest absolute Gasteiger partial charge is 0.361 e. The Morgan fingerprint density at radius 3 is 3.00 bits per heavy atom. The lowest BCUT2D eigenvalue weighted by atomic mass is 10.0. The van der Waals surface area contributed by atoms with Gasteiger partial charge in [-0.25, -0.2) is 4.98 Å². The monoisotopic (exact) mass is 342 g/mol. The van der Waals surface area contributed by atoms with Crippen LogP contribution in [0.1, 0.15) is 17.9 Å². The van der Waals surface area contributed by atoms with Gasteiger partial charge >= 0.3 is 0 Å². The molecule has 1 aromatic carbocycles. The molecule has 1 atom stereocenters. The van der Waals surface area contributed by atoms with Crippen LogP contribution in [-0.2, 0) is 4.79 Å². The van der Waals surface area contributed by atoms with E-state index in [0.717, 1.165) is 52.3 Å². The highest BCUT2D eigenvalue weighted by atomic mass is 32.1. The second kappa shape index (κ2) is 5.99. The smallest absolute Gasteiger partial charge is 0.230 e. The lowest BCUT2D eigenvalue weighted by molar-refractivity contribution is -0.119. The van der Waals surface area contributed by atoms with E-state index < -0.39 is 0 Å². The third-order valence-electron chi connectivity index (χ3n) is 4.38. The number of aryl methyl sites for hydroxylation is 2. The van der Waals surface area contributed by atoms with E-state index in [9.17, 15) is 4.79 Å². The van der Waals surface area contributed by atoms with Crippen molar-refractivity contribution in [1.82, 2.24) is 15.5 Å². The van der Waals surface area contributed by atoms with E-state index in [1.807, 2.05) is 32.0 Å². The van der Waals surface area contributed by atoms with Gasteiger partial charge < -0.3 is 15.2 Å². The minimum absolute atomic E-state index is 0.0269. The molecule has 1 aliphatic rings. The summed E-state index contributed by atoms with van der Waals surface area (Å²) in [6.45, 7) is 5.46. The van der Waals surface area contributed by atoms with Gasteiger partial charge in [0.15, 0.2) is 5.13 Å². The Balaban J connectivity index is 1.71. The number of carbonyl (C=O) groups excluding carboxylic acids is 1. The third-order valence-corrected chi connectivity index (χ3v) is 5.32. The number of hydrogen-bond donors (Lipinski definition) is 2. The summed E-state index contributed by atoms with van der Waals surface area (Å²) in [6.07, 6.45) is 0.876. The predicted molar refractivity (Wildman–Crippen MR) is 94.2 cm³/mol. The zero-order chi connectivity index (χ0) is 16.7. The molecular weight excluding hydrogens is 324 g/mol. The summed E-state index contributed by atoms with van der Waals surface area (Å²) in [4.78, 5) is 17.0. The van der Waals surface area contributed by atoms with E-state index in [1.54, 1.807) is 0 Å². The van der Waals surface area contributed by atoms with Crippen LogP contribution in [0.2, 0.25) is 0 Å². The van der Waals surface area contributed by atoms with Crippen molar-refractivity contribution in [3.8, 4) is 11.1 Å². The minimum Gasteiger partial charge on any atom is -0.361 e. The lowest BCUT2D eigenvalue weighted by Gasteiger charge is -2.06. The van der Waals surface area contributed by atoms with Gasteiger partial charge in [-0.3, -0.25) is 4.79 Å². The van der Waals surface area contributed by atoms with Crippen LogP contribution in [0.25, 0.3) is 21.3 Å². The van der Waals surface area contributed by atoms with E-state index in [4.69, 9.17) is 4.52 Å². The maximum Gasteiger partial charge on any atom is 0.230 e. The van der Waals surface area contributed by atoms with Crippen molar-refractivity contribution in [1.29, 1.82) is 0 Å². The van der Waals surface area contributed by atoms with Crippen molar-refractivity contribution in [2.24, 2.45) is 5.92 Å². The van der Waals surface area contributed by atoms with E-state index >= 15 is 0 Å². The van der Waals surface area contributed by atoms with Crippen LogP contribution in [0.5, 0.6) is 0 Å². The molecule has 1 fully saturated rings. The van der Waals surface area contributed by atoms with Crippen LogP contribution >= 0.6 is 11.3 Å². The van der Waals surface area contributed by atoms with Crippen LogP contribution < -0.4 is 10.6 Å². The summed E-state index contributed by atoms with van der Waals surface area (Å²) in [5.74, 6) is 0.840. The molecule has 24 heavy (non-hydrogen) atoms. The first-order valence-electron chi connectivity index (χ1n) is 7.98. The lowest BCUT2D eigenvalue weighted by Crippen LogP contribution is -2.24. The maximum absolute atomic E-state index is 12.3. The third kappa shape index (κ3) is 2.59. The number of fused-ring (bicyclic) bond motifs is 1. The second-order valence-electron chi connectivity index (χ2n) is 6.05. The molecule has 7 heteroatoms. The SMILES string of the molecule is Cc1noc(C)c1-c1cccc2sc(NC(=O)C3CCNC3)nc12. The molecule has 0 spiro atoms. The number of para-hydroxylation sites is 1. The fourth-order valence-corrected chi connectivity index (χ4v) is 4.05. The van der Waals surface area contributed by atoms with Gasteiger partial charge in [0.2, 0.25) is 5.91 Å². The molecule has 0 aliphatic carbocycles. The normalized spacial score (nSPS) is 17.5. The van der Waals surface area contributed by atoms with Gasteiger partial charge in [-0.15, -0.1) is 0 Å². The molecule has 1 saturated heterocycles. The molecule has 0 bridgehead atoms. The molecule has 3 aromatic rings. The van der Waals surface area contributed by atoms with Gasteiger partial charge in [0, 0.05) is 17.7 Å². The van der Waals surface area contributed by atoms with Crippen LogP contribution in [0.4, 0.5) is 5.13 Å². The molecule has 1 aliphatic heterocycles. The highest BCUT2D eigenvalue weighted by Crippen LogP contribution is 2.36. The number of benzene rings is 1. The number of rotatable bonds is 3. The summed E-state index contributed by atoms with van der Waals surface area (Å²) in [5.41, 5.74) is 3.68. The van der Waals surface area contributed by atoms with E-state index in [2.05, 4.69) is 20.8 Å². The van der Waals surface area contributed by atoms with Crippen molar-refractivity contribution in [3.63, 3.8) is 0 Å². The van der Waals surface area contributed by atoms with Crippen LogP contribution in [-0.4, -0.2) is 29.1 Å². The molecule has 0 saturated carbocycles. The van der Waals surface area contributed by atoms with E-state index in [0.29, 0.717) is 5.13 Å². The Kier molecular flexibility index (Phi) is 3.82. The minimum atomic E-state index is 0.0269. The van der Waals surface area contributed by atoms with E-state index in [1.165, 1.54) is 11.3 Å². The molecule has 2 aromatic heterocycles. The van der Waals surface area contributed by atoms with Crippen LogP contribution in [0.3, 0.4) is 0 Å². The maximum atomic E-state index is 12.3. The molecule has 1 amide bonds. The van der Waals surface area contributed by atoms with Crippen molar-refractivity contribution < 1.29 is 9.32 Å². The summed E-state index contributed by atoms with van der Waals surface area (Å²) >= 11 is 1.49. The Bertz CT molecular complexity index is 889. The average Bonchev–Trinajstić information content (AvgIpc) is 3.27. The van der Waals surface area contributed by atoms with Crippen molar-refractivity contribution in [2.75, 3.05) is 18.4 Å². The summed E-state index contributed by atoms with van der Waals surface area (Å²) in [6, 6.07) is 6.02. The number of nitrogens with one attached hydrogen (secondary N) is 2. The van der Waals surface area contributed by atoms with Crippen LogP contribution in [0.15, 0.2) is 22.7 Å². The van der Waals surface area contributed by atoms with Crippen molar-refractivity contribution in [3.05, 3.63) is 29.7 Å². The molecular formula is C17H18N4O2S. The first-order chi connectivity index (χ1) is 11.6. The summed E-state index contributed by atoms with van der Waals surface area (Å²) < 4.78 is 6.32. The van der Waals surface area contributed by atoms with E-state index in [-0.39, 0.29) is 11.8 Å². The molecule has 124 valence electrons. The number of aromatic nitrogens is 2. The Morgan fingerprint density at radius 1 is 1.42 bits per heavy atom. The number of carbonyl (C=O) groups is 1. The van der Waals surface area contributed by atoms with Crippen LogP contribution in [0, 0.1) is 19.8 Å². The number of anilines is 1. The molecule has 4 rings (SSSR count). The highest BCUT2D eigenvalue weighted by molar-refractivity contribution is 7.22. The molecule has 6 nitrogen and oxygen atoms in total. The molecule has 3 heterocycles. The van der Waals surface area contributed by atoms with Gasteiger partial charge in [-0.1, -0.05) is 28.6 Å². The quantitative estimate of drug-likeness (QED) is 0.764. The zero-order valence-electron chi connectivity index (χ0n) is 13.5. The fraction of sp³-hybridized carbons (Fsp3) is 0.353. The van der Waals surface area contributed by atoms with Crippen molar-refractivity contribution in [2.45, 2.75) is 20.3 Å². The standard InChI is InChI=1S/C17H18N4O2S/c1-9-14(10(2)23-21-9)12-4-3-5-13-15(12)19-17(24-13)20-16(22)11-6-7-18-8-11/h3-5,11,18H,6-8H2,1-2H3,(H,19,20,22). The number of nitrogens with zero attached hydrogens (tertiary/aromatic N) is 2. The van der Waals surface area contributed by atoms with Gasteiger partial charge in [-0.2, -0.15) is 0 Å². The van der Waals surface area contributed by atoms with Gasteiger partial charge in [0.25, 0.3) is 0 Å². The first kappa shape index (κ1) is 15.3. The molecule has 2 N–H and O–H groups in total. The number of hydrogen-bond acceptors (Lipinski definition) is 6. The van der Waals surface area contributed by atoms with Gasteiger partial charge in [0.05, 0.1) is 21.8 Å². The number of thiazole rings is 1. The number of amides is 1. The topological polar surface area (TPSA) is 80.0 Å². The Hall–Kier alpha value is -2.25. The second-order valence-corrected chi connectivity index (χ2v) is 7.08. The zero-order valence-corrected chi connectivity index (χ0v) is 14.4. The first-order valence-corrected chi connectivity index (χ1v) is 8.79. The van der Waals surface area contributed by atoms with Gasteiger partial charge in [0.1, 0.15) is 5.76 Å². The summed E-state index contributed by atoms with van der Waals surface area (Å²) in [5, 5.41) is 10.8. The fourth-order valence-electron chi connectivity index (χ4n) is 3.16. The Morgan fingerprint density at radius 2 is 2.29 bits per heavy atom. The van der Waals surface area contributed by atoms with Crippen molar-refractivity contribution >= 4 is 32.6 Å². The average molecular weight is 342 g/mol. The molecule has 1 unspecified atom stereocenters. The predicted octanol–water partition coefficient (Wildman–Crippen LogP) is 3.12.